The van der Waals surface area contributed by atoms with Crippen LogP contribution in [0.5, 0.6) is 0 Å². The van der Waals surface area contributed by atoms with Crippen molar-refractivity contribution in [3.63, 3.8) is 0 Å². The largest absolute Gasteiger partial charge is 0.480 e. The number of rotatable bonds is 6. The Hall–Kier alpha value is -1.56. The molecule has 0 saturated heterocycles. The predicted molar refractivity (Wildman–Crippen MR) is 84.0 cm³/mol. The van der Waals surface area contributed by atoms with Gasteiger partial charge in [-0.2, -0.15) is 0 Å². The lowest BCUT2D eigenvalue weighted by atomic mass is 9.94. The summed E-state index contributed by atoms with van der Waals surface area (Å²) in [6.45, 7) is 7.19. The molecule has 0 radical (unpaired) electrons. The summed E-state index contributed by atoms with van der Waals surface area (Å²) in [6, 6.07) is 6.80. The van der Waals surface area contributed by atoms with Gasteiger partial charge in [-0.3, -0.25) is 9.10 Å². The second-order valence-electron chi connectivity index (χ2n) is 6.36. The maximum Gasteiger partial charge on any atom is 0.324 e. The predicted octanol–water partition coefficient (Wildman–Crippen LogP) is 2.65. The molecule has 5 nitrogen and oxygen atoms in total. The summed E-state index contributed by atoms with van der Waals surface area (Å²) in [5.74, 6) is -1.24. The van der Waals surface area contributed by atoms with Gasteiger partial charge in [0.25, 0.3) is 0 Å². The Bertz CT molecular complexity index is 585. The molecule has 0 aliphatic rings. The molecule has 6 heteroatoms. The van der Waals surface area contributed by atoms with Crippen LogP contribution in [0.3, 0.4) is 0 Å². The highest BCUT2D eigenvalue weighted by molar-refractivity contribution is 7.92. The molecule has 0 unspecified atom stereocenters. The number of aryl methyl sites for hydroxylation is 1. The lowest BCUT2D eigenvalue weighted by molar-refractivity contribution is -0.135. The van der Waals surface area contributed by atoms with Crippen molar-refractivity contribution in [2.24, 2.45) is 5.41 Å². The van der Waals surface area contributed by atoms with E-state index in [1.165, 1.54) is 0 Å². The van der Waals surface area contributed by atoms with Crippen molar-refractivity contribution in [3.8, 4) is 0 Å². The van der Waals surface area contributed by atoms with Crippen LogP contribution in [-0.4, -0.2) is 31.8 Å². The van der Waals surface area contributed by atoms with Gasteiger partial charge in [0.15, 0.2) is 0 Å². The van der Waals surface area contributed by atoms with Crippen LogP contribution in [0.25, 0.3) is 0 Å². The van der Waals surface area contributed by atoms with Gasteiger partial charge in [-0.05, 0) is 30.9 Å². The summed E-state index contributed by atoms with van der Waals surface area (Å²) < 4.78 is 25.9. The smallest absolute Gasteiger partial charge is 0.324 e. The molecule has 0 atom stereocenters. The van der Waals surface area contributed by atoms with E-state index in [9.17, 15) is 13.2 Å². The molecular weight excluding hydrogens is 290 g/mol. The molecule has 0 heterocycles. The van der Waals surface area contributed by atoms with E-state index < -0.39 is 22.5 Å². The van der Waals surface area contributed by atoms with Gasteiger partial charge in [-0.25, -0.2) is 8.42 Å². The highest BCUT2D eigenvalue weighted by atomic mass is 32.2. The van der Waals surface area contributed by atoms with Crippen LogP contribution in [0.15, 0.2) is 24.3 Å². The fraction of sp³-hybridized carbons (Fsp3) is 0.533. The lowest BCUT2D eigenvalue weighted by Crippen LogP contribution is -2.38. The fourth-order valence-corrected chi connectivity index (χ4v) is 3.57. The first-order valence-corrected chi connectivity index (χ1v) is 8.41. The van der Waals surface area contributed by atoms with Crippen molar-refractivity contribution in [3.05, 3.63) is 29.8 Å². The van der Waals surface area contributed by atoms with E-state index in [-0.39, 0.29) is 11.2 Å². The SMILES string of the molecule is Cc1ccc(N(CC(=O)O)S(=O)(=O)CCC(C)(C)C)cc1. The van der Waals surface area contributed by atoms with Crippen LogP contribution in [-0.2, 0) is 14.8 Å². The van der Waals surface area contributed by atoms with Crippen molar-refractivity contribution >= 4 is 21.7 Å². The first-order valence-electron chi connectivity index (χ1n) is 6.80. The topological polar surface area (TPSA) is 74.7 Å². The summed E-state index contributed by atoms with van der Waals surface area (Å²) in [5, 5.41) is 8.99. The average molecular weight is 313 g/mol. The van der Waals surface area contributed by atoms with Gasteiger partial charge >= 0.3 is 5.97 Å². The highest BCUT2D eigenvalue weighted by Crippen LogP contribution is 2.24. The van der Waals surface area contributed by atoms with Gasteiger partial charge in [-0.15, -0.1) is 0 Å². The second-order valence-corrected chi connectivity index (χ2v) is 8.38. The fourth-order valence-electron chi connectivity index (χ4n) is 1.73. The van der Waals surface area contributed by atoms with Crippen molar-refractivity contribution in [1.82, 2.24) is 0 Å². The molecule has 0 amide bonds. The molecule has 0 spiro atoms. The monoisotopic (exact) mass is 313 g/mol. The maximum absolute atomic E-state index is 12.5. The zero-order chi connectivity index (χ0) is 16.3. The molecule has 0 aliphatic carbocycles. The molecular formula is C15H23NO4S. The van der Waals surface area contributed by atoms with Crippen LogP contribution in [0.1, 0.15) is 32.8 Å². The minimum Gasteiger partial charge on any atom is -0.480 e. The maximum atomic E-state index is 12.5. The normalized spacial score (nSPS) is 12.2. The number of carboxylic acid groups (broad SMARTS) is 1. The van der Waals surface area contributed by atoms with E-state index in [2.05, 4.69) is 0 Å². The van der Waals surface area contributed by atoms with E-state index in [4.69, 9.17) is 5.11 Å². The number of benzene rings is 1. The first-order chi connectivity index (χ1) is 9.51. The standard InChI is InChI=1S/C15H23NO4S/c1-12-5-7-13(8-6-12)16(11-14(17)18)21(19,20)10-9-15(2,3)4/h5-8H,9-11H2,1-4H3,(H,17,18). The number of hydrogen-bond acceptors (Lipinski definition) is 3. The van der Waals surface area contributed by atoms with Gasteiger partial charge in [-0.1, -0.05) is 38.5 Å². The Kier molecular flexibility index (Phi) is 5.39. The molecule has 0 fully saturated rings. The average Bonchev–Trinajstić information content (AvgIpc) is 2.34. The third-order valence-corrected chi connectivity index (χ3v) is 4.78. The van der Waals surface area contributed by atoms with E-state index in [0.717, 1.165) is 9.87 Å². The molecule has 1 aromatic rings. The molecule has 1 N–H and O–H groups in total. The first kappa shape index (κ1) is 17.5. The third-order valence-electron chi connectivity index (χ3n) is 3.05. The number of hydrogen-bond donors (Lipinski definition) is 1. The van der Waals surface area contributed by atoms with Crippen molar-refractivity contribution < 1.29 is 18.3 Å². The Morgan fingerprint density at radius 1 is 1.19 bits per heavy atom. The summed E-state index contributed by atoms with van der Waals surface area (Å²) in [7, 11) is -3.66. The number of sulfonamides is 1. The van der Waals surface area contributed by atoms with Gasteiger partial charge in [0.05, 0.1) is 11.4 Å². The van der Waals surface area contributed by atoms with Gasteiger partial charge < -0.3 is 5.11 Å². The Labute approximate surface area is 126 Å². The molecule has 1 rings (SSSR count). The van der Waals surface area contributed by atoms with E-state index in [0.29, 0.717) is 12.1 Å². The minimum absolute atomic E-state index is 0.0718. The second kappa shape index (κ2) is 6.47. The Morgan fingerprint density at radius 2 is 1.71 bits per heavy atom. The van der Waals surface area contributed by atoms with Crippen molar-refractivity contribution in [2.45, 2.75) is 34.1 Å². The number of carbonyl (C=O) groups is 1. The van der Waals surface area contributed by atoms with Gasteiger partial charge in [0.2, 0.25) is 10.0 Å². The van der Waals surface area contributed by atoms with E-state index in [1.807, 2.05) is 27.7 Å². The Balaban J connectivity index is 3.06. The Morgan fingerprint density at radius 3 is 2.14 bits per heavy atom. The summed E-state index contributed by atoms with van der Waals surface area (Å²) >= 11 is 0. The quantitative estimate of drug-likeness (QED) is 0.876. The van der Waals surface area contributed by atoms with Gasteiger partial charge in [0.1, 0.15) is 6.54 Å². The van der Waals surface area contributed by atoms with Gasteiger partial charge in [0, 0.05) is 0 Å². The highest BCUT2D eigenvalue weighted by Gasteiger charge is 2.26. The number of anilines is 1. The van der Waals surface area contributed by atoms with Crippen LogP contribution in [0.2, 0.25) is 0 Å². The number of aliphatic carboxylic acids is 1. The molecule has 0 bridgehead atoms. The summed E-state index contributed by atoms with van der Waals surface area (Å²) in [6.07, 6.45) is 0.470. The molecule has 0 aliphatic heterocycles. The molecule has 0 aromatic heterocycles. The number of carboxylic acids is 1. The van der Waals surface area contributed by atoms with E-state index >= 15 is 0 Å². The van der Waals surface area contributed by atoms with Crippen LogP contribution >= 0.6 is 0 Å². The number of nitrogens with zero attached hydrogens (tertiary/aromatic N) is 1. The molecule has 21 heavy (non-hydrogen) atoms. The van der Waals surface area contributed by atoms with Crippen molar-refractivity contribution in [2.75, 3.05) is 16.6 Å². The summed E-state index contributed by atoms with van der Waals surface area (Å²) in [5.41, 5.74) is 1.24. The summed E-state index contributed by atoms with van der Waals surface area (Å²) in [4.78, 5) is 11.0. The molecule has 1 aromatic carbocycles. The van der Waals surface area contributed by atoms with Crippen LogP contribution in [0.4, 0.5) is 5.69 Å². The molecule has 118 valence electrons. The van der Waals surface area contributed by atoms with E-state index in [1.54, 1.807) is 24.3 Å². The van der Waals surface area contributed by atoms with Crippen molar-refractivity contribution in [1.29, 1.82) is 0 Å². The van der Waals surface area contributed by atoms with Crippen LogP contribution < -0.4 is 4.31 Å². The zero-order valence-corrected chi connectivity index (χ0v) is 13.8. The minimum atomic E-state index is -3.66. The van der Waals surface area contributed by atoms with Crippen LogP contribution in [0, 0.1) is 12.3 Å². The zero-order valence-electron chi connectivity index (χ0n) is 13.0. The lowest BCUT2D eigenvalue weighted by Gasteiger charge is -2.25. The third kappa shape index (κ3) is 5.75. The molecule has 0 saturated carbocycles.